The van der Waals surface area contributed by atoms with Crippen LogP contribution in [0.2, 0.25) is 0 Å². The Bertz CT molecular complexity index is 232. The van der Waals surface area contributed by atoms with E-state index in [0.717, 1.165) is 32.5 Å². The Hall–Kier alpha value is -0.610. The van der Waals surface area contributed by atoms with E-state index in [-0.39, 0.29) is 5.91 Å². The van der Waals surface area contributed by atoms with Gasteiger partial charge >= 0.3 is 0 Å². The summed E-state index contributed by atoms with van der Waals surface area (Å²) in [4.78, 5) is 15.8. The minimum Gasteiger partial charge on any atom is -0.345 e. The minimum atomic E-state index is 0.216. The van der Waals surface area contributed by atoms with Crippen LogP contribution in [-0.4, -0.2) is 55.0 Å². The molecule has 94 valence electrons. The Balaban J connectivity index is 2.41. The molecule has 0 aromatic heterocycles. The summed E-state index contributed by atoms with van der Waals surface area (Å²) in [6, 6.07) is 0.320. The second-order valence-corrected chi connectivity index (χ2v) is 4.76. The van der Waals surface area contributed by atoms with Crippen LogP contribution in [0.1, 0.15) is 26.7 Å². The molecule has 0 spiro atoms. The third kappa shape index (κ3) is 3.46. The second-order valence-electron chi connectivity index (χ2n) is 4.76. The fraction of sp³-hybridized carbons (Fsp3) is 0.917. The highest BCUT2D eigenvalue weighted by Crippen LogP contribution is 2.18. The van der Waals surface area contributed by atoms with E-state index in [1.165, 1.54) is 0 Å². The summed E-state index contributed by atoms with van der Waals surface area (Å²) in [5, 5.41) is 0. The van der Waals surface area contributed by atoms with Crippen LogP contribution in [0.15, 0.2) is 0 Å². The Morgan fingerprint density at radius 1 is 1.50 bits per heavy atom. The molecule has 1 heterocycles. The molecule has 2 unspecified atom stereocenters. The van der Waals surface area contributed by atoms with Gasteiger partial charge in [0.25, 0.3) is 0 Å². The first-order valence-electron chi connectivity index (χ1n) is 6.30. The number of hydrogen-bond acceptors (Lipinski definition) is 3. The number of nitrogens with two attached hydrogens (primary N) is 1. The van der Waals surface area contributed by atoms with Crippen LogP contribution in [0.5, 0.6) is 0 Å². The SMILES string of the molecule is CCC1CN(CC(=O)N(C)CC)CCC1N. The zero-order chi connectivity index (χ0) is 12.1. The number of piperidine rings is 1. The quantitative estimate of drug-likeness (QED) is 0.762. The van der Waals surface area contributed by atoms with E-state index in [2.05, 4.69) is 11.8 Å². The van der Waals surface area contributed by atoms with Crippen molar-refractivity contribution in [2.45, 2.75) is 32.7 Å². The number of rotatable bonds is 4. The molecule has 0 aromatic carbocycles. The van der Waals surface area contributed by atoms with Gasteiger partial charge in [0, 0.05) is 32.7 Å². The van der Waals surface area contributed by atoms with E-state index in [1.807, 2.05) is 14.0 Å². The summed E-state index contributed by atoms with van der Waals surface area (Å²) < 4.78 is 0. The fourth-order valence-corrected chi connectivity index (χ4v) is 2.19. The van der Waals surface area contributed by atoms with Gasteiger partial charge in [0.15, 0.2) is 0 Å². The molecule has 1 aliphatic rings. The van der Waals surface area contributed by atoms with Crippen molar-refractivity contribution in [3.05, 3.63) is 0 Å². The Kier molecular flexibility index (Phi) is 5.22. The molecule has 2 atom stereocenters. The van der Waals surface area contributed by atoms with Gasteiger partial charge in [-0.05, 0) is 19.3 Å². The summed E-state index contributed by atoms with van der Waals surface area (Å²) in [6.45, 7) is 7.44. The van der Waals surface area contributed by atoms with Gasteiger partial charge in [-0.1, -0.05) is 13.3 Å². The molecule has 4 heteroatoms. The molecular weight excluding hydrogens is 202 g/mol. The molecule has 1 rings (SSSR count). The number of likely N-dealkylation sites (N-methyl/N-ethyl adjacent to an activating group) is 1. The molecule has 1 aliphatic heterocycles. The number of hydrogen-bond donors (Lipinski definition) is 1. The lowest BCUT2D eigenvalue weighted by Crippen LogP contribution is -2.49. The smallest absolute Gasteiger partial charge is 0.236 e. The van der Waals surface area contributed by atoms with Crippen LogP contribution >= 0.6 is 0 Å². The lowest BCUT2D eigenvalue weighted by atomic mass is 9.91. The largest absolute Gasteiger partial charge is 0.345 e. The Morgan fingerprint density at radius 3 is 2.75 bits per heavy atom. The Morgan fingerprint density at radius 2 is 2.19 bits per heavy atom. The maximum atomic E-state index is 11.8. The first-order valence-corrected chi connectivity index (χ1v) is 6.30. The average Bonchev–Trinajstić information content (AvgIpc) is 2.30. The predicted octanol–water partition coefficient (Wildman–Crippen LogP) is 0.524. The van der Waals surface area contributed by atoms with Crippen molar-refractivity contribution in [3.63, 3.8) is 0 Å². The fourth-order valence-electron chi connectivity index (χ4n) is 2.19. The molecule has 4 nitrogen and oxygen atoms in total. The molecule has 1 fully saturated rings. The molecule has 1 saturated heterocycles. The van der Waals surface area contributed by atoms with Gasteiger partial charge in [-0.25, -0.2) is 0 Å². The highest BCUT2D eigenvalue weighted by molar-refractivity contribution is 5.77. The zero-order valence-electron chi connectivity index (χ0n) is 10.8. The molecule has 2 N–H and O–H groups in total. The van der Waals surface area contributed by atoms with Crippen molar-refractivity contribution < 1.29 is 4.79 Å². The second kappa shape index (κ2) is 6.21. The van der Waals surface area contributed by atoms with Crippen LogP contribution in [0.25, 0.3) is 0 Å². The van der Waals surface area contributed by atoms with Gasteiger partial charge in [-0.2, -0.15) is 0 Å². The number of likely N-dealkylation sites (tertiary alicyclic amines) is 1. The third-order valence-electron chi connectivity index (χ3n) is 3.66. The van der Waals surface area contributed by atoms with E-state index < -0.39 is 0 Å². The molecule has 0 saturated carbocycles. The van der Waals surface area contributed by atoms with E-state index in [0.29, 0.717) is 18.5 Å². The minimum absolute atomic E-state index is 0.216. The van der Waals surface area contributed by atoms with Crippen molar-refractivity contribution in [2.75, 3.05) is 33.2 Å². The van der Waals surface area contributed by atoms with Crippen LogP contribution < -0.4 is 5.73 Å². The molecule has 0 aromatic rings. The number of nitrogens with zero attached hydrogens (tertiary/aromatic N) is 2. The van der Waals surface area contributed by atoms with Gasteiger partial charge in [0.1, 0.15) is 0 Å². The molecule has 0 radical (unpaired) electrons. The normalized spacial score (nSPS) is 26.8. The summed E-state index contributed by atoms with van der Waals surface area (Å²) in [7, 11) is 1.86. The zero-order valence-corrected chi connectivity index (χ0v) is 10.8. The Labute approximate surface area is 98.8 Å². The molecule has 16 heavy (non-hydrogen) atoms. The summed E-state index contributed by atoms with van der Waals surface area (Å²) in [5.74, 6) is 0.765. The van der Waals surface area contributed by atoms with Crippen LogP contribution in [0, 0.1) is 5.92 Å². The van der Waals surface area contributed by atoms with Crippen molar-refractivity contribution in [1.29, 1.82) is 0 Å². The molecule has 0 bridgehead atoms. The van der Waals surface area contributed by atoms with Crippen molar-refractivity contribution >= 4 is 5.91 Å². The van der Waals surface area contributed by atoms with E-state index in [1.54, 1.807) is 4.90 Å². The van der Waals surface area contributed by atoms with E-state index in [4.69, 9.17) is 5.73 Å². The highest BCUT2D eigenvalue weighted by atomic mass is 16.2. The van der Waals surface area contributed by atoms with Gasteiger partial charge < -0.3 is 10.6 Å². The lowest BCUT2D eigenvalue weighted by molar-refractivity contribution is -0.131. The van der Waals surface area contributed by atoms with Crippen molar-refractivity contribution in [3.8, 4) is 0 Å². The summed E-state index contributed by atoms with van der Waals surface area (Å²) in [6.07, 6.45) is 2.12. The number of carbonyl (C=O) groups excluding carboxylic acids is 1. The third-order valence-corrected chi connectivity index (χ3v) is 3.66. The maximum Gasteiger partial charge on any atom is 0.236 e. The van der Waals surface area contributed by atoms with Gasteiger partial charge in [0.05, 0.1) is 6.54 Å². The lowest BCUT2D eigenvalue weighted by Gasteiger charge is -2.36. The van der Waals surface area contributed by atoms with Gasteiger partial charge in [-0.15, -0.1) is 0 Å². The van der Waals surface area contributed by atoms with Crippen molar-refractivity contribution in [2.24, 2.45) is 11.7 Å². The van der Waals surface area contributed by atoms with Crippen molar-refractivity contribution in [1.82, 2.24) is 9.80 Å². The summed E-state index contributed by atoms with van der Waals surface area (Å²) >= 11 is 0. The number of amides is 1. The average molecular weight is 227 g/mol. The van der Waals surface area contributed by atoms with E-state index >= 15 is 0 Å². The summed E-state index contributed by atoms with van der Waals surface area (Å²) in [5.41, 5.74) is 6.05. The van der Waals surface area contributed by atoms with Crippen LogP contribution in [0.4, 0.5) is 0 Å². The first-order chi connectivity index (χ1) is 7.58. The predicted molar refractivity (Wildman–Crippen MR) is 66.1 cm³/mol. The highest BCUT2D eigenvalue weighted by Gasteiger charge is 2.26. The van der Waals surface area contributed by atoms with Crippen LogP contribution in [-0.2, 0) is 4.79 Å². The molecule has 0 aliphatic carbocycles. The standard InChI is InChI=1S/C12H25N3O/c1-4-10-8-15(7-6-11(10)13)9-12(16)14(3)5-2/h10-11H,4-9,13H2,1-3H3. The number of carbonyl (C=O) groups is 1. The van der Waals surface area contributed by atoms with Gasteiger partial charge in [0.2, 0.25) is 5.91 Å². The topological polar surface area (TPSA) is 49.6 Å². The molecular formula is C12H25N3O. The monoisotopic (exact) mass is 227 g/mol. The van der Waals surface area contributed by atoms with Crippen LogP contribution in [0.3, 0.4) is 0 Å². The van der Waals surface area contributed by atoms with E-state index in [9.17, 15) is 4.79 Å². The molecule has 1 amide bonds. The first kappa shape index (κ1) is 13.5. The van der Waals surface area contributed by atoms with Gasteiger partial charge in [-0.3, -0.25) is 9.69 Å². The maximum absolute atomic E-state index is 11.8.